The Morgan fingerprint density at radius 1 is 1.50 bits per heavy atom. The van der Waals surface area contributed by atoms with Crippen molar-refractivity contribution in [2.24, 2.45) is 0 Å². The minimum Gasteiger partial charge on any atom is -0.343 e. The zero-order chi connectivity index (χ0) is 6.41. The van der Waals surface area contributed by atoms with Crippen molar-refractivity contribution in [1.82, 2.24) is 0 Å². The quantitative estimate of drug-likeness (QED) is 0.350. The van der Waals surface area contributed by atoms with Crippen LogP contribution in [0.1, 0.15) is 25.7 Å². The predicted octanol–water partition coefficient (Wildman–Crippen LogP) is 1.84. The maximum atomic E-state index is 10.2. The van der Waals surface area contributed by atoms with Gasteiger partial charge in [0.05, 0.1) is 0 Å². The Kier molecular flexibility index (Phi) is 5.18. The highest BCUT2D eigenvalue weighted by Gasteiger charge is 1.89. The van der Waals surface area contributed by atoms with Crippen molar-refractivity contribution in [3.63, 3.8) is 0 Å². The largest absolute Gasteiger partial charge is 0.343 e. The van der Waals surface area contributed by atoms with E-state index in [0.717, 1.165) is 19.3 Å². The van der Waals surface area contributed by atoms with Crippen LogP contribution in [-0.4, -0.2) is 5.12 Å². The molecule has 0 radical (unpaired) electrons. The van der Waals surface area contributed by atoms with Crippen LogP contribution in [0.4, 0.5) is 0 Å². The second-order valence-corrected chi connectivity index (χ2v) is 2.20. The highest BCUT2D eigenvalue weighted by atomic mass is 32.1. The molecule has 0 amide bonds. The topological polar surface area (TPSA) is 17.1 Å². The Bertz CT molecular complexity index is 70.9. The maximum absolute atomic E-state index is 10.2. The van der Waals surface area contributed by atoms with E-state index >= 15 is 0 Å². The Morgan fingerprint density at radius 3 is 2.50 bits per heavy atom. The lowest BCUT2D eigenvalue weighted by atomic mass is 10.2. The molecule has 2 heteroatoms. The van der Waals surface area contributed by atoms with E-state index < -0.39 is 0 Å². The van der Waals surface area contributed by atoms with Crippen molar-refractivity contribution in [1.29, 1.82) is 0 Å². The summed E-state index contributed by atoms with van der Waals surface area (Å²) in [5, 5.41) is -0.0153. The molecule has 0 rings (SSSR count). The zero-order valence-corrected chi connectivity index (χ0v) is 5.79. The van der Waals surface area contributed by atoms with E-state index in [-0.39, 0.29) is 5.12 Å². The molecule has 0 aliphatic heterocycles. The van der Waals surface area contributed by atoms with Gasteiger partial charge in [-0.15, -0.1) is 12.6 Å². The molecule has 0 saturated carbocycles. The molecule has 0 aliphatic carbocycles. The SMILES string of the molecule is [CH2-]CCCCC(=O)S. The highest BCUT2D eigenvalue weighted by Crippen LogP contribution is 2.00. The van der Waals surface area contributed by atoms with E-state index in [1.54, 1.807) is 0 Å². The number of hydrogen-bond acceptors (Lipinski definition) is 1. The van der Waals surface area contributed by atoms with Gasteiger partial charge in [0.15, 0.2) is 5.12 Å². The Labute approximate surface area is 55.9 Å². The number of thiol groups is 1. The Balaban J connectivity index is 2.82. The maximum Gasteiger partial charge on any atom is 0.185 e. The fourth-order valence-corrected chi connectivity index (χ4v) is 0.611. The summed E-state index contributed by atoms with van der Waals surface area (Å²) in [4.78, 5) is 10.2. The third-order valence-corrected chi connectivity index (χ3v) is 1.11. The van der Waals surface area contributed by atoms with E-state index in [9.17, 15) is 4.79 Å². The van der Waals surface area contributed by atoms with Crippen LogP contribution in [0.25, 0.3) is 0 Å². The number of unbranched alkanes of at least 4 members (excludes halogenated alkanes) is 2. The molecule has 0 aromatic rings. The van der Waals surface area contributed by atoms with E-state index in [1.165, 1.54) is 0 Å². The highest BCUT2D eigenvalue weighted by molar-refractivity contribution is 7.96. The number of rotatable bonds is 4. The van der Waals surface area contributed by atoms with Gasteiger partial charge < -0.3 is 6.92 Å². The van der Waals surface area contributed by atoms with Gasteiger partial charge in [0.2, 0.25) is 0 Å². The van der Waals surface area contributed by atoms with Crippen LogP contribution < -0.4 is 0 Å². The molecule has 0 aromatic carbocycles. The third kappa shape index (κ3) is 6.02. The standard InChI is InChI=1S/C6H11OS/c1-2-3-4-5-6(7)8/h1-5H2,(H,7,8)/q-1. The molecule has 0 fully saturated rings. The molecule has 0 atom stereocenters. The van der Waals surface area contributed by atoms with E-state index in [4.69, 9.17) is 0 Å². The number of carbonyl (C=O) groups excluding carboxylic acids is 1. The smallest absolute Gasteiger partial charge is 0.185 e. The summed E-state index contributed by atoms with van der Waals surface area (Å²) in [5.41, 5.74) is 0. The predicted molar refractivity (Wildman–Crippen MR) is 37.8 cm³/mol. The van der Waals surface area contributed by atoms with Crippen molar-refractivity contribution in [3.8, 4) is 0 Å². The van der Waals surface area contributed by atoms with E-state index in [1.807, 2.05) is 0 Å². The Morgan fingerprint density at radius 2 is 2.12 bits per heavy atom. The number of hydrogen-bond donors (Lipinski definition) is 1. The van der Waals surface area contributed by atoms with Crippen LogP contribution >= 0.6 is 12.6 Å². The molecular weight excluding hydrogens is 120 g/mol. The normalized spacial score (nSPS) is 9.25. The van der Waals surface area contributed by atoms with Crippen molar-refractivity contribution < 1.29 is 4.79 Å². The fraction of sp³-hybridized carbons (Fsp3) is 0.667. The summed E-state index contributed by atoms with van der Waals surface area (Å²) in [6, 6.07) is 0. The lowest BCUT2D eigenvalue weighted by Crippen LogP contribution is -1.84. The molecule has 0 N–H and O–H groups in total. The van der Waals surface area contributed by atoms with Gasteiger partial charge >= 0.3 is 0 Å². The minimum absolute atomic E-state index is 0.0153. The van der Waals surface area contributed by atoms with Crippen molar-refractivity contribution in [2.75, 3.05) is 0 Å². The molecule has 48 valence electrons. The van der Waals surface area contributed by atoms with Gasteiger partial charge in [0, 0.05) is 6.42 Å². The van der Waals surface area contributed by atoms with Gasteiger partial charge in [-0.1, -0.05) is 6.42 Å². The summed E-state index contributed by atoms with van der Waals surface area (Å²) in [7, 11) is 0. The molecule has 0 aromatic heterocycles. The molecular formula is C6H11OS-. The van der Waals surface area contributed by atoms with Crippen LogP contribution in [0.5, 0.6) is 0 Å². The van der Waals surface area contributed by atoms with Crippen molar-refractivity contribution >= 4 is 17.7 Å². The zero-order valence-electron chi connectivity index (χ0n) is 4.89. The monoisotopic (exact) mass is 131 g/mol. The molecule has 0 heterocycles. The van der Waals surface area contributed by atoms with Gasteiger partial charge in [0.1, 0.15) is 0 Å². The van der Waals surface area contributed by atoms with Crippen LogP contribution in [0, 0.1) is 6.92 Å². The lowest BCUT2D eigenvalue weighted by molar-refractivity contribution is -0.110. The third-order valence-electron chi connectivity index (χ3n) is 0.891. The van der Waals surface area contributed by atoms with Crippen LogP contribution in [0.2, 0.25) is 0 Å². The van der Waals surface area contributed by atoms with Crippen LogP contribution in [-0.2, 0) is 4.79 Å². The van der Waals surface area contributed by atoms with Gasteiger partial charge in [-0.3, -0.25) is 4.79 Å². The van der Waals surface area contributed by atoms with Gasteiger partial charge in [0.25, 0.3) is 0 Å². The summed E-state index contributed by atoms with van der Waals surface area (Å²) in [6.45, 7) is 3.65. The molecule has 0 bridgehead atoms. The van der Waals surface area contributed by atoms with Gasteiger partial charge in [-0.25, -0.2) is 0 Å². The molecule has 0 spiro atoms. The molecule has 1 nitrogen and oxygen atoms in total. The molecule has 0 saturated heterocycles. The molecule has 8 heavy (non-hydrogen) atoms. The van der Waals surface area contributed by atoms with E-state index in [2.05, 4.69) is 19.6 Å². The summed E-state index contributed by atoms with van der Waals surface area (Å²) >= 11 is 3.61. The minimum atomic E-state index is -0.0153. The number of carbonyl (C=O) groups is 1. The van der Waals surface area contributed by atoms with Gasteiger partial charge in [-0.2, -0.15) is 6.42 Å². The first-order chi connectivity index (χ1) is 3.77. The first-order valence-corrected chi connectivity index (χ1v) is 3.23. The first-order valence-electron chi connectivity index (χ1n) is 2.78. The van der Waals surface area contributed by atoms with Crippen LogP contribution in [0.3, 0.4) is 0 Å². The summed E-state index contributed by atoms with van der Waals surface area (Å²) < 4.78 is 0. The van der Waals surface area contributed by atoms with Gasteiger partial charge in [-0.05, 0) is 6.42 Å². The second kappa shape index (κ2) is 5.16. The van der Waals surface area contributed by atoms with Crippen LogP contribution in [0.15, 0.2) is 0 Å². The van der Waals surface area contributed by atoms with Crippen molar-refractivity contribution in [3.05, 3.63) is 6.92 Å². The molecule has 0 aliphatic rings. The summed E-state index contributed by atoms with van der Waals surface area (Å²) in [5.74, 6) is 0. The average Bonchev–Trinajstić information content (AvgIpc) is 1.66. The lowest BCUT2D eigenvalue weighted by Gasteiger charge is -1.94. The summed E-state index contributed by atoms with van der Waals surface area (Å²) in [6.07, 6.45) is 3.48. The average molecular weight is 131 g/mol. The fourth-order valence-electron chi connectivity index (χ4n) is 0.453. The Hall–Kier alpha value is 0.0200. The van der Waals surface area contributed by atoms with E-state index in [0.29, 0.717) is 6.42 Å². The van der Waals surface area contributed by atoms with Crippen molar-refractivity contribution in [2.45, 2.75) is 25.7 Å². The second-order valence-electron chi connectivity index (χ2n) is 1.70. The molecule has 0 unspecified atom stereocenters. The first kappa shape index (κ1) is 8.02.